The molecule has 0 saturated heterocycles. The highest BCUT2D eigenvalue weighted by Gasteiger charge is 2.21. The van der Waals surface area contributed by atoms with Crippen LogP contribution in [0.15, 0.2) is 28.3 Å². The number of aromatic nitrogens is 2. The van der Waals surface area contributed by atoms with Crippen LogP contribution in [0.1, 0.15) is 35.7 Å². The number of hydrogen-bond acceptors (Lipinski definition) is 3. The quantitative estimate of drug-likeness (QED) is 0.840. The van der Waals surface area contributed by atoms with Gasteiger partial charge < -0.3 is 5.32 Å². The third kappa shape index (κ3) is 3.27. The molecule has 0 spiro atoms. The molecule has 1 unspecified atom stereocenters. The van der Waals surface area contributed by atoms with Gasteiger partial charge in [0.25, 0.3) is 0 Å². The zero-order valence-corrected chi connectivity index (χ0v) is 13.2. The average molecular weight is 340 g/mol. The van der Waals surface area contributed by atoms with E-state index in [9.17, 15) is 0 Å². The molecule has 0 bridgehead atoms. The van der Waals surface area contributed by atoms with E-state index in [1.54, 1.807) is 4.88 Å². The first-order valence-electron chi connectivity index (χ1n) is 6.82. The zero-order valence-electron chi connectivity index (χ0n) is 10.8. The molecule has 2 heterocycles. The number of rotatable bonds is 5. The Hall–Kier alpha value is -0.650. The summed E-state index contributed by atoms with van der Waals surface area (Å²) >= 11 is 5.50. The van der Waals surface area contributed by atoms with Gasteiger partial charge in [0, 0.05) is 29.9 Å². The van der Waals surface area contributed by atoms with E-state index in [2.05, 4.69) is 32.4 Å². The maximum absolute atomic E-state index is 4.22. The summed E-state index contributed by atoms with van der Waals surface area (Å²) in [5, 5.41) is 7.92. The number of thiophene rings is 1. The number of hydrogen-bond donors (Lipinski definition) is 1. The van der Waals surface area contributed by atoms with Gasteiger partial charge >= 0.3 is 0 Å². The summed E-state index contributed by atoms with van der Waals surface area (Å²) in [6.07, 6.45) is 8.79. The molecule has 0 amide bonds. The van der Waals surface area contributed by atoms with Crippen molar-refractivity contribution < 1.29 is 0 Å². The van der Waals surface area contributed by atoms with Gasteiger partial charge in [-0.25, -0.2) is 0 Å². The maximum atomic E-state index is 4.22. The molecule has 1 N–H and O–H groups in total. The van der Waals surface area contributed by atoms with Gasteiger partial charge in [-0.1, -0.05) is 0 Å². The number of aryl methyl sites for hydroxylation is 2. The Morgan fingerprint density at radius 2 is 2.47 bits per heavy atom. The minimum absolute atomic E-state index is 0.545. The fourth-order valence-electron chi connectivity index (χ4n) is 2.68. The van der Waals surface area contributed by atoms with Crippen LogP contribution < -0.4 is 5.32 Å². The third-order valence-corrected chi connectivity index (χ3v) is 5.31. The molecule has 0 aliphatic heterocycles. The molecule has 102 valence electrons. The Kier molecular flexibility index (Phi) is 4.35. The van der Waals surface area contributed by atoms with Crippen molar-refractivity contribution in [1.82, 2.24) is 15.1 Å². The molecule has 0 radical (unpaired) electrons. The predicted molar refractivity (Wildman–Crippen MR) is 82.5 cm³/mol. The second-order valence-corrected chi connectivity index (χ2v) is 7.47. The molecule has 2 aromatic rings. The monoisotopic (exact) mass is 339 g/mol. The largest absolute Gasteiger partial charge is 0.310 e. The fraction of sp³-hybridized carbons (Fsp3) is 0.500. The Morgan fingerprint density at radius 1 is 1.53 bits per heavy atom. The Bertz CT molecular complexity index is 521. The van der Waals surface area contributed by atoms with Crippen LogP contribution in [0.2, 0.25) is 0 Å². The highest BCUT2D eigenvalue weighted by Crippen LogP contribution is 2.37. The van der Waals surface area contributed by atoms with Crippen molar-refractivity contribution in [3.63, 3.8) is 0 Å². The van der Waals surface area contributed by atoms with Crippen LogP contribution in [0.5, 0.6) is 0 Å². The van der Waals surface area contributed by atoms with Crippen LogP contribution in [0, 0.1) is 0 Å². The lowest BCUT2D eigenvalue weighted by Gasteiger charge is -2.23. The first-order valence-corrected chi connectivity index (χ1v) is 8.43. The predicted octanol–water partition coefficient (Wildman–Crippen LogP) is 3.76. The van der Waals surface area contributed by atoms with Gasteiger partial charge in [-0.2, -0.15) is 5.10 Å². The summed E-state index contributed by atoms with van der Waals surface area (Å²) in [5.74, 6) is 0. The molecule has 3 rings (SSSR count). The van der Waals surface area contributed by atoms with Gasteiger partial charge in [0.2, 0.25) is 0 Å². The second kappa shape index (κ2) is 6.20. The van der Waals surface area contributed by atoms with Gasteiger partial charge in [-0.15, -0.1) is 11.3 Å². The molecule has 0 fully saturated rings. The first-order chi connectivity index (χ1) is 9.33. The van der Waals surface area contributed by atoms with E-state index in [1.165, 1.54) is 28.6 Å². The van der Waals surface area contributed by atoms with Gasteiger partial charge in [0.1, 0.15) is 0 Å². The van der Waals surface area contributed by atoms with E-state index >= 15 is 0 Å². The van der Waals surface area contributed by atoms with Crippen molar-refractivity contribution in [3.05, 3.63) is 38.8 Å². The summed E-state index contributed by atoms with van der Waals surface area (Å²) in [7, 11) is 0. The standard InChI is InChI=1S/C14H18BrN3S/c15-14-10-11-12(4-1-5-13(11)19-14)16-6-2-8-18-9-3-7-17-18/h3,7,9-10,12,16H,1-2,4-6,8H2. The molecule has 3 nitrogen and oxygen atoms in total. The second-order valence-electron chi connectivity index (χ2n) is 4.95. The molecule has 1 atom stereocenters. The zero-order chi connectivity index (χ0) is 13.1. The lowest BCUT2D eigenvalue weighted by Crippen LogP contribution is -2.25. The van der Waals surface area contributed by atoms with Crippen LogP contribution in [-0.4, -0.2) is 16.3 Å². The lowest BCUT2D eigenvalue weighted by molar-refractivity contribution is 0.443. The normalized spacial score (nSPS) is 18.5. The van der Waals surface area contributed by atoms with Crippen molar-refractivity contribution in [2.45, 2.75) is 38.3 Å². The topological polar surface area (TPSA) is 29.9 Å². The fourth-order valence-corrected chi connectivity index (χ4v) is 4.50. The van der Waals surface area contributed by atoms with Crippen LogP contribution in [0.25, 0.3) is 0 Å². The molecule has 1 aliphatic carbocycles. The molecular weight excluding hydrogens is 322 g/mol. The molecule has 19 heavy (non-hydrogen) atoms. The summed E-state index contributed by atoms with van der Waals surface area (Å²) in [6, 6.07) is 4.82. The number of fused-ring (bicyclic) bond motifs is 1. The highest BCUT2D eigenvalue weighted by atomic mass is 79.9. The van der Waals surface area contributed by atoms with E-state index < -0.39 is 0 Å². The number of nitrogens with zero attached hydrogens (tertiary/aromatic N) is 2. The molecule has 0 saturated carbocycles. The van der Waals surface area contributed by atoms with E-state index in [0.717, 1.165) is 19.5 Å². The molecular formula is C14H18BrN3S. The van der Waals surface area contributed by atoms with Crippen molar-refractivity contribution in [1.29, 1.82) is 0 Å². The van der Waals surface area contributed by atoms with E-state index in [4.69, 9.17) is 0 Å². The summed E-state index contributed by atoms with van der Waals surface area (Å²) in [4.78, 5) is 1.56. The van der Waals surface area contributed by atoms with Crippen LogP contribution in [0.3, 0.4) is 0 Å². The van der Waals surface area contributed by atoms with Gasteiger partial charge in [-0.05, 0) is 65.9 Å². The Balaban J connectivity index is 1.50. The van der Waals surface area contributed by atoms with Crippen LogP contribution in [-0.2, 0) is 13.0 Å². The van der Waals surface area contributed by atoms with Crippen molar-refractivity contribution in [2.24, 2.45) is 0 Å². The summed E-state index contributed by atoms with van der Waals surface area (Å²) < 4.78 is 3.26. The van der Waals surface area contributed by atoms with E-state index in [0.29, 0.717) is 6.04 Å². The number of halogens is 1. The smallest absolute Gasteiger partial charge is 0.0704 e. The first kappa shape index (κ1) is 13.3. The average Bonchev–Trinajstić information content (AvgIpc) is 3.02. The highest BCUT2D eigenvalue weighted by molar-refractivity contribution is 9.11. The van der Waals surface area contributed by atoms with E-state index in [-0.39, 0.29) is 0 Å². The maximum Gasteiger partial charge on any atom is 0.0704 e. The van der Waals surface area contributed by atoms with Gasteiger partial charge in [-0.3, -0.25) is 4.68 Å². The molecule has 5 heteroatoms. The number of nitrogens with one attached hydrogen (secondary N) is 1. The SMILES string of the molecule is Brc1cc2c(s1)CCCC2NCCCn1cccn1. The van der Waals surface area contributed by atoms with Crippen molar-refractivity contribution >= 4 is 27.3 Å². The van der Waals surface area contributed by atoms with E-state index in [1.807, 2.05) is 34.5 Å². The van der Waals surface area contributed by atoms with Crippen LogP contribution in [0.4, 0.5) is 0 Å². The van der Waals surface area contributed by atoms with Gasteiger partial charge in [0.15, 0.2) is 0 Å². The Morgan fingerprint density at radius 3 is 3.32 bits per heavy atom. The van der Waals surface area contributed by atoms with Crippen molar-refractivity contribution in [3.8, 4) is 0 Å². The van der Waals surface area contributed by atoms with Gasteiger partial charge in [0.05, 0.1) is 3.79 Å². The lowest BCUT2D eigenvalue weighted by atomic mass is 9.94. The minimum atomic E-state index is 0.545. The summed E-state index contributed by atoms with van der Waals surface area (Å²) in [5.41, 5.74) is 1.52. The molecule has 0 aromatic carbocycles. The molecule has 2 aromatic heterocycles. The van der Waals surface area contributed by atoms with Crippen LogP contribution >= 0.6 is 27.3 Å². The summed E-state index contributed by atoms with van der Waals surface area (Å²) in [6.45, 7) is 2.05. The minimum Gasteiger partial charge on any atom is -0.310 e. The van der Waals surface area contributed by atoms with Crippen molar-refractivity contribution in [2.75, 3.05) is 6.54 Å². The molecule has 1 aliphatic rings. The third-order valence-electron chi connectivity index (χ3n) is 3.60. The Labute approximate surface area is 126 Å².